The van der Waals surface area contributed by atoms with Crippen molar-refractivity contribution >= 4 is 35.2 Å². The lowest BCUT2D eigenvalue weighted by Crippen LogP contribution is -2.35. The molecule has 0 atom stereocenters. The maximum Gasteiger partial charge on any atom is 0.259 e. The standard InChI is InChI=1S/C19H18ClN3O2/c1-14(11-12-15-7-3-2-4-8-15)22-23-18(24)13-21-19(25)16-9-5-6-10-17(16)20/h2-12H,13H2,1H3,(H,21,25)(H,23,24)/b12-11+,22-14?. The van der Waals surface area contributed by atoms with Crippen LogP contribution in [-0.2, 0) is 4.79 Å². The lowest BCUT2D eigenvalue weighted by Gasteiger charge is -2.05. The van der Waals surface area contributed by atoms with Crippen molar-refractivity contribution in [3.63, 3.8) is 0 Å². The van der Waals surface area contributed by atoms with Gasteiger partial charge in [-0.2, -0.15) is 5.10 Å². The summed E-state index contributed by atoms with van der Waals surface area (Å²) in [5.41, 5.74) is 4.38. The molecule has 6 heteroatoms. The molecule has 2 rings (SSSR count). The predicted octanol–water partition coefficient (Wildman–Crippen LogP) is 3.28. The summed E-state index contributed by atoms with van der Waals surface area (Å²) in [7, 11) is 0. The van der Waals surface area contributed by atoms with Gasteiger partial charge in [0.15, 0.2) is 0 Å². The fourth-order valence-electron chi connectivity index (χ4n) is 1.91. The second-order valence-corrected chi connectivity index (χ2v) is 5.60. The first-order chi connectivity index (χ1) is 12.1. The van der Waals surface area contributed by atoms with Crippen molar-refractivity contribution in [2.45, 2.75) is 6.92 Å². The zero-order valence-electron chi connectivity index (χ0n) is 13.7. The summed E-state index contributed by atoms with van der Waals surface area (Å²) in [5, 5.41) is 6.79. The van der Waals surface area contributed by atoms with Crippen LogP contribution in [0, 0.1) is 0 Å². The minimum Gasteiger partial charge on any atom is -0.343 e. The van der Waals surface area contributed by atoms with Crippen molar-refractivity contribution in [3.8, 4) is 0 Å². The highest BCUT2D eigenvalue weighted by Crippen LogP contribution is 2.14. The molecule has 0 radical (unpaired) electrons. The SMILES string of the molecule is CC(/C=C/c1ccccc1)=NNC(=O)CNC(=O)c1ccccc1Cl. The quantitative estimate of drug-likeness (QED) is 0.616. The van der Waals surface area contributed by atoms with Crippen LogP contribution in [0.2, 0.25) is 5.02 Å². The molecule has 0 spiro atoms. The van der Waals surface area contributed by atoms with Gasteiger partial charge in [0.1, 0.15) is 0 Å². The first-order valence-corrected chi connectivity index (χ1v) is 8.03. The average molecular weight is 356 g/mol. The Bertz CT molecular complexity index is 801. The third-order valence-corrected chi connectivity index (χ3v) is 3.53. The van der Waals surface area contributed by atoms with Crippen LogP contribution in [0.5, 0.6) is 0 Å². The fraction of sp³-hybridized carbons (Fsp3) is 0.105. The minimum atomic E-state index is -0.423. The molecular weight excluding hydrogens is 338 g/mol. The molecular formula is C19H18ClN3O2. The summed E-state index contributed by atoms with van der Waals surface area (Å²) in [4.78, 5) is 23.7. The smallest absolute Gasteiger partial charge is 0.259 e. The topological polar surface area (TPSA) is 70.6 Å². The van der Waals surface area contributed by atoms with Crippen LogP contribution in [0.25, 0.3) is 6.08 Å². The lowest BCUT2D eigenvalue weighted by molar-refractivity contribution is -0.120. The summed E-state index contributed by atoms with van der Waals surface area (Å²) in [6.45, 7) is 1.57. The number of hydrazone groups is 1. The van der Waals surface area contributed by atoms with Crippen molar-refractivity contribution in [2.24, 2.45) is 5.10 Å². The van der Waals surface area contributed by atoms with Crippen LogP contribution in [0.4, 0.5) is 0 Å². The number of allylic oxidation sites excluding steroid dienone is 1. The highest BCUT2D eigenvalue weighted by molar-refractivity contribution is 6.33. The number of rotatable bonds is 6. The van der Waals surface area contributed by atoms with Crippen LogP contribution in [0.1, 0.15) is 22.8 Å². The minimum absolute atomic E-state index is 0.191. The Morgan fingerprint density at radius 1 is 1.08 bits per heavy atom. The average Bonchev–Trinajstić information content (AvgIpc) is 2.64. The Labute approximate surface area is 151 Å². The number of nitrogens with one attached hydrogen (secondary N) is 2. The van der Waals surface area contributed by atoms with Gasteiger partial charge in [0, 0.05) is 0 Å². The van der Waals surface area contributed by atoms with E-state index in [0.29, 0.717) is 16.3 Å². The molecule has 2 N–H and O–H groups in total. The van der Waals surface area contributed by atoms with Gasteiger partial charge in [0.05, 0.1) is 22.8 Å². The van der Waals surface area contributed by atoms with Crippen molar-refractivity contribution in [2.75, 3.05) is 6.54 Å². The summed E-state index contributed by atoms with van der Waals surface area (Å²) < 4.78 is 0. The van der Waals surface area contributed by atoms with Gasteiger partial charge in [-0.25, -0.2) is 5.43 Å². The van der Waals surface area contributed by atoms with Gasteiger partial charge in [-0.05, 0) is 30.7 Å². The summed E-state index contributed by atoms with van der Waals surface area (Å²) >= 11 is 5.93. The molecule has 2 amide bonds. The van der Waals surface area contributed by atoms with E-state index in [1.165, 1.54) is 0 Å². The first-order valence-electron chi connectivity index (χ1n) is 7.65. The number of carbonyl (C=O) groups excluding carboxylic acids is 2. The molecule has 0 heterocycles. The van der Waals surface area contributed by atoms with Crippen molar-refractivity contribution in [1.29, 1.82) is 0 Å². The molecule has 0 bridgehead atoms. The number of halogens is 1. The van der Waals surface area contributed by atoms with E-state index in [9.17, 15) is 9.59 Å². The van der Waals surface area contributed by atoms with Crippen molar-refractivity contribution in [3.05, 3.63) is 76.8 Å². The van der Waals surface area contributed by atoms with Crippen LogP contribution in [0.15, 0.2) is 65.8 Å². The summed E-state index contributed by atoms with van der Waals surface area (Å²) in [5.74, 6) is -0.835. The van der Waals surface area contributed by atoms with Gasteiger partial charge in [-0.15, -0.1) is 0 Å². The molecule has 2 aromatic carbocycles. The normalized spacial score (nSPS) is 11.4. The van der Waals surface area contributed by atoms with E-state index < -0.39 is 11.8 Å². The molecule has 2 aromatic rings. The molecule has 0 fully saturated rings. The number of hydrogen-bond acceptors (Lipinski definition) is 3. The lowest BCUT2D eigenvalue weighted by atomic mass is 10.2. The molecule has 25 heavy (non-hydrogen) atoms. The van der Waals surface area contributed by atoms with Gasteiger partial charge in [-0.3, -0.25) is 9.59 Å². The summed E-state index contributed by atoms with van der Waals surface area (Å²) in [6, 6.07) is 16.4. The van der Waals surface area contributed by atoms with Crippen LogP contribution >= 0.6 is 11.6 Å². The molecule has 128 valence electrons. The van der Waals surface area contributed by atoms with Gasteiger partial charge in [-0.1, -0.05) is 60.1 Å². The van der Waals surface area contributed by atoms with E-state index >= 15 is 0 Å². The van der Waals surface area contributed by atoms with Gasteiger partial charge in [0.25, 0.3) is 11.8 Å². The molecule has 0 aliphatic rings. The van der Waals surface area contributed by atoms with E-state index in [1.54, 1.807) is 37.3 Å². The van der Waals surface area contributed by atoms with E-state index in [1.807, 2.05) is 36.4 Å². The van der Waals surface area contributed by atoms with E-state index in [-0.39, 0.29) is 6.54 Å². The largest absolute Gasteiger partial charge is 0.343 e. The van der Waals surface area contributed by atoms with E-state index in [4.69, 9.17) is 11.6 Å². The Kier molecular flexibility index (Phi) is 6.92. The highest BCUT2D eigenvalue weighted by Gasteiger charge is 2.10. The fourth-order valence-corrected chi connectivity index (χ4v) is 2.13. The number of nitrogens with zero attached hydrogens (tertiary/aromatic N) is 1. The molecule has 0 aliphatic heterocycles. The zero-order chi connectivity index (χ0) is 18.1. The molecule has 0 saturated carbocycles. The second kappa shape index (κ2) is 9.39. The Morgan fingerprint density at radius 3 is 2.48 bits per heavy atom. The second-order valence-electron chi connectivity index (χ2n) is 5.19. The highest BCUT2D eigenvalue weighted by atomic mass is 35.5. The summed E-state index contributed by atoms with van der Waals surface area (Å²) in [6.07, 6.45) is 3.68. The molecule has 0 aliphatic carbocycles. The molecule has 0 unspecified atom stereocenters. The van der Waals surface area contributed by atoms with Gasteiger partial charge < -0.3 is 5.32 Å². The Balaban J connectivity index is 1.81. The van der Waals surface area contributed by atoms with Gasteiger partial charge in [0.2, 0.25) is 0 Å². The van der Waals surface area contributed by atoms with Crippen molar-refractivity contribution in [1.82, 2.24) is 10.7 Å². The molecule has 0 aromatic heterocycles. The number of benzene rings is 2. The Morgan fingerprint density at radius 2 is 1.76 bits per heavy atom. The van der Waals surface area contributed by atoms with Crippen LogP contribution < -0.4 is 10.7 Å². The molecule has 0 saturated heterocycles. The zero-order valence-corrected chi connectivity index (χ0v) is 14.5. The third kappa shape index (κ3) is 6.24. The third-order valence-electron chi connectivity index (χ3n) is 3.20. The number of carbonyl (C=O) groups is 2. The van der Waals surface area contributed by atoms with E-state index in [0.717, 1.165) is 5.56 Å². The van der Waals surface area contributed by atoms with Gasteiger partial charge >= 0.3 is 0 Å². The maximum atomic E-state index is 11.9. The van der Waals surface area contributed by atoms with Crippen LogP contribution in [0.3, 0.4) is 0 Å². The predicted molar refractivity (Wildman–Crippen MR) is 101 cm³/mol. The first kappa shape index (κ1) is 18.4. The number of amides is 2. The van der Waals surface area contributed by atoms with Crippen LogP contribution in [-0.4, -0.2) is 24.1 Å². The maximum absolute atomic E-state index is 11.9. The number of hydrogen-bond donors (Lipinski definition) is 2. The monoisotopic (exact) mass is 355 g/mol. The van der Waals surface area contributed by atoms with E-state index in [2.05, 4.69) is 15.8 Å². The van der Waals surface area contributed by atoms with Crippen molar-refractivity contribution < 1.29 is 9.59 Å². The Hall–Kier alpha value is -2.92. The molecule has 5 nitrogen and oxygen atoms in total.